The van der Waals surface area contributed by atoms with Gasteiger partial charge in [-0.1, -0.05) is 54.6 Å². The highest BCUT2D eigenvalue weighted by atomic mass is 16.5. The zero-order valence-corrected chi connectivity index (χ0v) is 19.3. The van der Waals surface area contributed by atoms with Gasteiger partial charge < -0.3 is 15.4 Å². The van der Waals surface area contributed by atoms with Gasteiger partial charge in [-0.05, 0) is 60.5 Å². The second kappa shape index (κ2) is 8.81. The third-order valence-electron chi connectivity index (χ3n) is 7.56. The number of nitrogens with one attached hydrogen (secondary N) is 1. The van der Waals surface area contributed by atoms with Crippen molar-refractivity contribution in [1.82, 2.24) is 25.3 Å². The minimum absolute atomic E-state index is 0.0766. The van der Waals surface area contributed by atoms with Crippen LogP contribution in [0.25, 0.3) is 11.2 Å². The molecule has 0 aliphatic carbocycles. The van der Waals surface area contributed by atoms with Crippen LogP contribution < -0.4 is 5.73 Å². The number of aromatic nitrogens is 4. The first-order valence-electron chi connectivity index (χ1n) is 12.2. The van der Waals surface area contributed by atoms with E-state index in [1.807, 2.05) is 6.07 Å². The number of aromatic amines is 1. The van der Waals surface area contributed by atoms with Crippen molar-refractivity contribution in [2.24, 2.45) is 0 Å². The molecule has 1 atom stereocenters. The van der Waals surface area contributed by atoms with Crippen LogP contribution in [0.2, 0.25) is 0 Å². The zero-order valence-electron chi connectivity index (χ0n) is 19.3. The number of likely N-dealkylation sites (tertiary alicyclic amines) is 1. The van der Waals surface area contributed by atoms with E-state index in [-0.39, 0.29) is 11.5 Å². The maximum Gasteiger partial charge on any atom is 0.203 e. The van der Waals surface area contributed by atoms with Crippen molar-refractivity contribution < 1.29 is 4.74 Å². The molecular weight excluding hydrogens is 424 g/mol. The monoisotopic (exact) mass is 454 g/mol. The van der Waals surface area contributed by atoms with Crippen LogP contribution in [0, 0.1) is 0 Å². The Morgan fingerprint density at radius 3 is 2.68 bits per heavy atom. The van der Waals surface area contributed by atoms with Crippen molar-refractivity contribution in [1.29, 1.82) is 0 Å². The van der Waals surface area contributed by atoms with Gasteiger partial charge in [0.1, 0.15) is 11.3 Å². The van der Waals surface area contributed by atoms with E-state index in [2.05, 4.69) is 79.9 Å². The number of nitrogens with zero attached hydrogens (tertiary/aromatic N) is 4. The summed E-state index contributed by atoms with van der Waals surface area (Å²) >= 11 is 0. The first-order chi connectivity index (χ1) is 16.7. The summed E-state index contributed by atoms with van der Waals surface area (Å²) in [5.74, 6) is 0.677. The van der Waals surface area contributed by atoms with Crippen LogP contribution in [-0.4, -0.2) is 44.9 Å². The Morgan fingerprint density at radius 2 is 1.82 bits per heavy atom. The third kappa shape index (κ3) is 3.85. The van der Waals surface area contributed by atoms with Crippen molar-refractivity contribution in [2.75, 3.05) is 25.4 Å². The Morgan fingerprint density at radius 1 is 1.03 bits per heavy atom. The standard InChI is InChI=1S/C27H30N6O/c28-24-17-22(25-26(29-24)31-32-30-25)21(19-7-2-1-3-8-19)10-6-14-33-15-12-27(13-16-33)23-11-5-4-9-20(23)18-34-27/h1-5,7-9,11,17,21H,6,10,12-16,18H2,(H3,28,29,30,31,32). The van der Waals surface area contributed by atoms with Crippen molar-refractivity contribution >= 4 is 17.0 Å². The van der Waals surface area contributed by atoms with Gasteiger partial charge in [-0.25, -0.2) is 4.98 Å². The summed E-state index contributed by atoms with van der Waals surface area (Å²) in [7, 11) is 0. The lowest BCUT2D eigenvalue weighted by molar-refractivity contribution is -0.0788. The number of hydrogen-bond acceptors (Lipinski definition) is 6. The van der Waals surface area contributed by atoms with E-state index in [0.717, 1.165) is 63.0 Å². The van der Waals surface area contributed by atoms with Gasteiger partial charge in [0.15, 0.2) is 0 Å². The molecule has 2 aliphatic rings. The van der Waals surface area contributed by atoms with Crippen LogP contribution >= 0.6 is 0 Å². The number of H-pyrrole nitrogens is 1. The van der Waals surface area contributed by atoms with Gasteiger partial charge in [-0.3, -0.25) is 0 Å². The van der Waals surface area contributed by atoms with E-state index >= 15 is 0 Å². The lowest BCUT2D eigenvalue weighted by Gasteiger charge is -2.39. The molecule has 1 saturated heterocycles. The molecule has 0 saturated carbocycles. The summed E-state index contributed by atoms with van der Waals surface area (Å²) in [4.78, 5) is 6.92. The Kier molecular flexibility index (Phi) is 5.51. The van der Waals surface area contributed by atoms with E-state index in [9.17, 15) is 0 Å². The van der Waals surface area contributed by atoms with Crippen LogP contribution in [0.3, 0.4) is 0 Å². The second-order valence-corrected chi connectivity index (χ2v) is 9.52. The molecule has 2 aliphatic heterocycles. The Labute approximate surface area is 199 Å². The maximum absolute atomic E-state index is 6.34. The van der Waals surface area contributed by atoms with E-state index < -0.39 is 0 Å². The first kappa shape index (κ1) is 21.3. The van der Waals surface area contributed by atoms with Crippen LogP contribution in [-0.2, 0) is 16.9 Å². The van der Waals surface area contributed by atoms with Crippen LogP contribution in [0.1, 0.15) is 53.9 Å². The Hall–Kier alpha value is -3.29. The van der Waals surface area contributed by atoms with Crippen molar-refractivity contribution in [3.8, 4) is 0 Å². The smallest absolute Gasteiger partial charge is 0.203 e. The second-order valence-electron chi connectivity index (χ2n) is 9.52. The van der Waals surface area contributed by atoms with Gasteiger partial charge in [0.05, 0.1) is 12.2 Å². The van der Waals surface area contributed by atoms with Crippen LogP contribution in [0.15, 0.2) is 60.7 Å². The summed E-state index contributed by atoms with van der Waals surface area (Å²) in [5.41, 5.74) is 12.6. The molecule has 34 heavy (non-hydrogen) atoms. The largest absolute Gasteiger partial charge is 0.384 e. The topological polar surface area (TPSA) is 92.9 Å². The first-order valence-corrected chi connectivity index (χ1v) is 12.2. The molecule has 1 fully saturated rings. The molecule has 174 valence electrons. The van der Waals surface area contributed by atoms with E-state index in [1.54, 1.807) is 0 Å². The van der Waals surface area contributed by atoms with Crippen LogP contribution in [0.4, 0.5) is 5.82 Å². The van der Waals surface area contributed by atoms with Gasteiger partial charge in [0, 0.05) is 19.0 Å². The molecule has 3 N–H and O–H groups in total. The average molecular weight is 455 g/mol. The minimum Gasteiger partial charge on any atom is -0.384 e. The molecule has 7 nitrogen and oxygen atoms in total. The number of anilines is 1. The number of benzene rings is 2. The number of nitrogens with two attached hydrogens (primary N) is 1. The fourth-order valence-electron chi connectivity index (χ4n) is 5.79. The predicted molar refractivity (Wildman–Crippen MR) is 132 cm³/mol. The molecule has 2 aromatic heterocycles. The van der Waals surface area contributed by atoms with Gasteiger partial charge in [0.25, 0.3) is 0 Å². The molecule has 4 heterocycles. The number of rotatable bonds is 6. The predicted octanol–water partition coefficient (Wildman–Crippen LogP) is 4.37. The molecule has 0 radical (unpaired) electrons. The molecule has 2 aromatic carbocycles. The molecule has 0 amide bonds. The van der Waals surface area contributed by atoms with Gasteiger partial charge in [-0.2, -0.15) is 10.3 Å². The minimum atomic E-state index is -0.0766. The third-order valence-corrected chi connectivity index (χ3v) is 7.56. The number of nitrogen functional groups attached to an aromatic ring is 1. The number of piperidine rings is 1. The summed E-state index contributed by atoms with van der Waals surface area (Å²) < 4.78 is 6.34. The normalized spacial score (nSPS) is 18.4. The highest BCUT2D eigenvalue weighted by molar-refractivity contribution is 5.77. The Bertz CT molecular complexity index is 1280. The van der Waals surface area contributed by atoms with E-state index in [4.69, 9.17) is 10.5 Å². The highest BCUT2D eigenvalue weighted by Crippen LogP contribution is 2.44. The average Bonchev–Trinajstić information content (AvgIpc) is 3.49. The van der Waals surface area contributed by atoms with Crippen molar-refractivity contribution in [3.63, 3.8) is 0 Å². The quantitative estimate of drug-likeness (QED) is 0.449. The highest BCUT2D eigenvalue weighted by Gasteiger charge is 2.42. The molecular formula is C27H30N6O. The maximum atomic E-state index is 6.34. The molecule has 1 spiro atoms. The van der Waals surface area contributed by atoms with Gasteiger partial charge in [-0.15, -0.1) is 5.10 Å². The lowest BCUT2D eigenvalue weighted by atomic mass is 9.83. The van der Waals surface area contributed by atoms with E-state index in [1.165, 1.54) is 16.7 Å². The van der Waals surface area contributed by atoms with Gasteiger partial charge >= 0.3 is 0 Å². The molecule has 6 rings (SSSR count). The number of ether oxygens (including phenoxy) is 1. The molecule has 7 heteroatoms. The number of pyridine rings is 1. The van der Waals surface area contributed by atoms with Gasteiger partial charge in [0.2, 0.25) is 5.65 Å². The van der Waals surface area contributed by atoms with Crippen molar-refractivity contribution in [2.45, 2.75) is 43.8 Å². The fraction of sp³-hybridized carbons (Fsp3) is 0.370. The summed E-state index contributed by atoms with van der Waals surface area (Å²) in [5, 5.41) is 11.3. The zero-order chi connectivity index (χ0) is 23.0. The van der Waals surface area contributed by atoms with Crippen molar-refractivity contribution in [3.05, 3.63) is 82.9 Å². The molecule has 4 aromatic rings. The van der Waals surface area contributed by atoms with Crippen LogP contribution in [0.5, 0.6) is 0 Å². The van der Waals surface area contributed by atoms with E-state index in [0.29, 0.717) is 11.5 Å². The molecule has 0 bridgehead atoms. The molecule has 1 unspecified atom stereocenters. The fourth-order valence-corrected chi connectivity index (χ4v) is 5.79. The summed E-state index contributed by atoms with van der Waals surface area (Å²) in [6.45, 7) is 3.96. The lowest BCUT2D eigenvalue weighted by Crippen LogP contribution is -2.42. The number of hydrogen-bond donors (Lipinski definition) is 2. The Balaban J connectivity index is 1.15. The number of fused-ring (bicyclic) bond motifs is 3. The SMILES string of the molecule is Nc1cc(C(CCCN2CCC3(CC2)OCc2ccccc23)c2ccccc2)c2n[nH]nc2n1. The summed E-state index contributed by atoms with van der Waals surface area (Å²) in [6, 6.07) is 21.3. The summed E-state index contributed by atoms with van der Waals surface area (Å²) in [6.07, 6.45) is 4.22.